The summed E-state index contributed by atoms with van der Waals surface area (Å²) < 4.78 is 3.42. The van der Waals surface area contributed by atoms with Gasteiger partial charge in [0.05, 0.1) is 5.69 Å². The molecule has 0 spiro atoms. The van der Waals surface area contributed by atoms with Crippen LogP contribution in [0.2, 0.25) is 0 Å². The third kappa shape index (κ3) is 2.33. The van der Waals surface area contributed by atoms with Crippen LogP contribution < -0.4 is 5.73 Å². The Morgan fingerprint density at radius 1 is 1.30 bits per heavy atom. The quantitative estimate of drug-likeness (QED) is 0.817. The van der Waals surface area contributed by atoms with Gasteiger partial charge in [-0.05, 0) is 70.4 Å². The van der Waals surface area contributed by atoms with Crippen LogP contribution in [0.4, 0.5) is 0 Å². The standard InChI is InChI=1S/C17H21BrN2/c1-11-4-5-15(13(18)8-11)20-7-6-12-14(19)9-17(2,3)10-16(12)20/h4-8,14H,9-10,19H2,1-3H3. The van der Waals surface area contributed by atoms with Gasteiger partial charge in [0.2, 0.25) is 0 Å². The van der Waals surface area contributed by atoms with E-state index in [1.165, 1.54) is 22.5 Å². The average Bonchev–Trinajstić information content (AvgIpc) is 2.71. The maximum atomic E-state index is 6.35. The summed E-state index contributed by atoms with van der Waals surface area (Å²) >= 11 is 3.69. The van der Waals surface area contributed by atoms with Crippen LogP contribution in [0.3, 0.4) is 0 Å². The lowest BCUT2D eigenvalue weighted by atomic mass is 9.74. The highest BCUT2D eigenvalue weighted by Crippen LogP contribution is 2.41. The van der Waals surface area contributed by atoms with Crippen molar-refractivity contribution in [2.75, 3.05) is 0 Å². The second kappa shape index (κ2) is 4.74. The Kier molecular flexibility index (Phi) is 3.30. The summed E-state index contributed by atoms with van der Waals surface area (Å²) in [5, 5.41) is 0. The molecule has 0 saturated carbocycles. The fraction of sp³-hybridized carbons (Fsp3) is 0.412. The number of fused-ring (bicyclic) bond motifs is 1. The number of hydrogen-bond acceptors (Lipinski definition) is 1. The summed E-state index contributed by atoms with van der Waals surface area (Å²) in [6, 6.07) is 8.82. The molecule has 0 bridgehead atoms. The van der Waals surface area contributed by atoms with E-state index < -0.39 is 0 Å². The molecule has 2 N–H and O–H groups in total. The van der Waals surface area contributed by atoms with E-state index in [9.17, 15) is 0 Å². The molecule has 106 valence electrons. The van der Waals surface area contributed by atoms with E-state index in [-0.39, 0.29) is 11.5 Å². The molecule has 3 rings (SSSR count). The molecule has 20 heavy (non-hydrogen) atoms. The van der Waals surface area contributed by atoms with Crippen LogP contribution in [0.25, 0.3) is 5.69 Å². The molecular formula is C17H21BrN2. The van der Waals surface area contributed by atoms with Gasteiger partial charge in [0, 0.05) is 22.4 Å². The van der Waals surface area contributed by atoms with Gasteiger partial charge in [0.25, 0.3) is 0 Å². The molecule has 1 unspecified atom stereocenters. The van der Waals surface area contributed by atoms with Crippen LogP contribution in [0.15, 0.2) is 34.9 Å². The molecule has 0 aliphatic heterocycles. The molecule has 1 aromatic heterocycles. The summed E-state index contributed by atoms with van der Waals surface area (Å²) in [4.78, 5) is 0. The summed E-state index contributed by atoms with van der Waals surface area (Å²) in [5.41, 5.74) is 11.7. The maximum Gasteiger partial charge on any atom is 0.0594 e. The zero-order valence-corrected chi connectivity index (χ0v) is 13.9. The predicted molar refractivity (Wildman–Crippen MR) is 87.2 cm³/mol. The van der Waals surface area contributed by atoms with Crippen LogP contribution in [0.5, 0.6) is 0 Å². The van der Waals surface area contributed by atoms with E-state index in [0.717, 1.165) is 17.3 Å². The largest absolute Gasteiger partial charge is 0.324 e. The van der Waals surface area contributed by atoms with Gasteiger partial charge in [-0.1, -0.05) is 19.9 Å². The van der Waals surface area contributed by atoms with E-state index in [4.69, 9.17) is 5.73 Å². The predicted octanol–water partition coefficient (Wildman–Crippen LogP) is 4.52. The van der Waals surface area contributed by atoms with Crippen LogP contribution in [0, 0.1) is 12.3 Å². The van der Waals surface area contributed by atoms with Crippen molar-refractivity contribution in [3.8, 4) is 5.69 Å². The molecule has 2 aromatic rings. The topological polar surface area (TPSA) is 30.9 Å². The first-order valence-electron chi connectivity index (χ1n) is 7.10. The van der Waals surface area contributed by atoms with Gasteiger partial charge < -0.3 is 10.3 Å². The molecule has 1 aliphatic carbocycles. The van der Waals surface area contributed by atoms with Crippen molar-refractivity contribution in [1.82, 2.24) is 4.57 Å². The Hall–Kier alpha value is -1.06. The highest BCUT2D eigenvalue weighted by molar-refractivity contribution is 9.10. The smallest absolute Gasteiger partial charge is 0.0594 e. The van der Waals surface area contributed by atoms with Crippen LogP contribution in [-0.4, -0.2) is 4.57 Å². The van der Waals surface area contributed by atoms with Gasteiger partial charge in [0.1, 0.15) is 0 Å². The lowest BCUT2D eigenvalue weighted by Crippen LogP contribution is -2.30. The lowest BCUT2D eigenvalue weighted by molar-refractivity contribution is 0.278. The maximum absolute atomic E-state index is 6.35. The van der Waals surface area contributed by atoms with Crippen molar-refractivity contribution < 1.29 is 0 Å². The summed E-state index contributed by atoms with van der Waals surface area (Å²) in [6.07, 6.45) is 4.28. The summed E-state index contributed by atoms with van der Waals surface area (Å²) in [5.74, 6) is 0. The highest BCUT2D eigenvalue weighted by Gasteiger charge is 2.32. The Bertz CT molecular complexity index is 655. The van der Waals surface area contributed by atoms with Gasteiger partial charge in [-0.3, -0.25) is 0 Å². The molecule has 1 atom stereocenters. The molecular weight excluding hydrogens is 312 g/mol. The number of rotatable bonds is 1. The number of hydrogen-bond donors (Lipinski definition) is 1. The van der Waals surface area contributed by atoms with E-state index >= 15 is 0 Å². The number of aryl methyl sites for hydroxylation is 1. The van der Waals surface area contributed by atoms with Gasteiger partial charge in [-0.25, -0.2) is 0 Å². The number of halogens is 1. The van der Waals surface area contributed by atoms with Gasteiger partial charge in [-0.2, -0.15) is 0 Å². The monoisotopic (exact) mass is 332 g/mol. The fourth-order valence-electron chi connectivity index (χ4n) is 3.27. The first-order valence-corrected chi connectivity index (χ1v) is 7.89. The van der Waals surface area contributed by atoms with E-state index in [1.54, 1.807) is 0 Å². The zero-order valence-electron chi connectivity index (χ0n) is 12.3. The second-order valence-corrected chi connectivity index (χ2v) is 7.55. The minimum atomic E-state index is 0.152. The minimum Gasteiger partial charge on any atom is -0.324 e. The molecule has 1 aromatic carbocycles. The van der Waals surface area contributed by atoms with Gasteiger partial charge in [-0.15, -0.1) is 0 Å². The Morgan fingerprint density at radius 3 is 2.75 bits per heavy atom. The molecule has 0 amide bonds. The summed E-state index contributed by atoms with van der Waals surface area (Å²) in [7, 11) is 0. The van der Waals surface area contributed by atoms with Crippen LogP contribution >= 0.6 is 15.9 Å². The van der Waals surface area contributed by atoms with Crippen LogP contribution in [-0.2, 0) is 6.42 Å². The first-order chi connectivity index (χ1) is 9.37. The van der Waals surface area contributed by atoms with Gasteiger partial charge >= 0.3 is 0 Å². The van der Waals surface area contributed by atoms with E-state index in [2.05, 4.69) is 71.7 Å². The third-order valence-electron chi connectivity index (χ3n) is 4.21. The Labute approximate surface area is 129 Å². The van der Waals surface area contributed by atoms with Gasteiger partial charge in [0.15, 0.2) is 0 Å². The number of nitrogens with zero attached hydrogens (tertiary/aromatic N) is 1. The average molecular weight is 333 g/mol. The normalized spacial score (nSPS) is 20.8. The van der Waals surface area contributed by atoms with E-state index in [0.29, 0.717) is 0 Å². The summed E-state index contributed by atoms with van der Waals surface area (Å²) in [6.45, 7) is 6.72. The molecule has 0 fully saturated rings. The van der Waals surface area contributed by atoms with Crippen LogP contribution in [0.1, 0.15) is 43.1 Å². The van der Waals surface area contributed by atoms with Crippen molar-refractivity contribution >= 4 is 15.9 Å². The lowest BCUT2D eigenvalue weighted by Gasteiger charge is -2.34. The Balaban J connectivity index is 2.13. The van der Waals surface area contributed by atoms with E-state index in [1.807, 2.05) is 0 Å². The van der Waals surface area contributed by atoms with Crippen molar-refractivity contribution in [3.63, 3.8) is 0 Å². The third-order valence-corrected chi connectivity index (χ3v) is 4.84. The van der Waals surface area contributed by atoms with Crippen molar-refractivity contribution in [2.24, 2.45) is 11.1 Å². The highest BCUT2D eigenvalue weighted by atomic mass is 79.9. The molecule has 3 heteroatoms. The Morgan fingerprint density at radius 2 is 2.05 bits per heavy atom. The SMILES string of the molecule is Cc1ccc(-n2ccc3c2CC(C)(C)CC3N)c(Br)c1. The number of benzene rings is 1. The van der Waals surface area contributed by atoms with Crippen molar-refractivity contribution in [3.05, 3.63) is 51.8 Å². The fourth-order valence-corrected chi connectivity index (χ4v) is 3.95. The minimum absolute atomic E-state index is 0.152. The molecule has 0 radical (unpaired) electrons. The molecule has 1 heterocycles. The number of aromatic nitrogens is 1. The second-order valence-electron chi connectivity index (χ2n) is 6.69. The zero-order chi connectivity index (χ0) is 14.5. The molecule has 1 aliphatic rings. The number of nitrogens with two attached hydrogens (primary N) is 1. The first kappa shape index (κ1) is 13.9. The van der Waals surface area contributed by atoms with Crippen molar-refractivity contribution in [2.45, 2.75) is 39.7 Å². The van der Waals surface area contributed by atoms with Crippen molar-refractivity contribution in [1.29, 1.82) is 0 Å². The molecule has 2 nitrogen and oxygen atoms in total. The molecule has 0 saturated heterocycles.